The average molecular weight is 434 g/mol. The maximum atomic E-state index is 13.5. The number of carbonyl (C=O) groups is 1. The standard InChI is InChI=1S/C23H39N5O3/c1-4-6-14-27(20-21(24)28(12-5-2)23(31)25-22(20)30)18(29)15-26-13-8-11-17-10-7-9-16(3)19(17)26/h16-17,19H,4-15,24H2,1-3H3,(H,25,30,31). The molecule has 1 aromatic heterocycles. The van der Waals surface area contributed by atoms with Crippen LogP contribution in [0.3, 0.4) is 0 Å². The molecule has 2 aliphatic rings. The van der Waals surface area contributed by atoms with Crippen molar-refractivity contribution in [3.8, 4) is 0 Å². The Morgan fingerprint density at radius 3 is 2.61 bits per heavy atom. The molecule has 0 spiro atoms. The van der Waals surface area contributed by atoms with Crippen LogP contribution in [0.25, 0.3) is 0 Å². The number of amides is 1. The van der Waals surface area contributed by atoms with Crippen molar-refractivity contribution in [3.63, 3.8) is 0 Å². The van der Waals surface area contributed by atoms with Crippen LogP contribution in [0.4, 0.5) is 11.5 Å². The number of nitrogen functional groups attached to an aromatic ring is 1. The van der Waals surface area contributed by atoms with Crippen molar-refractivity contribution in [3.05, 3.63) is 20.8 Å². The molecular weight excluding hydrogens is 394 g/mol. The van der Waals surface area contributed by atoms with Gasteiger partial charge in [-0.3, -0.25) is 24.0 Å². The fraction of sp³-hybridized carbons (Fsp3) is 0.783. The van der Waals surface area contributed by atoms with E-state index < -0.39 is 11.2 Å². The Morgan fingerprint density at radius 2 is 1.90 bits per heavy atom. The molecule has 1 aliphatic heterocycles. The number of nitrogens with one attached hydrogen (secondary N) is 1. The van der Waals surface area contributed by atoms with E-state index in [2.05, 4.69) is 16.8 Å². The average Bonchev–Trinajstić information content (AvgIpc) is 2.73. The predicted octanol–water partition coefficient (Wildman–Crippen LogP) is 2.56. The summed E-state index contributed by atoms with van der Waals surface area (Å²) in [5, 5.41) is 0. The van der Waals surface area contributed by atoms with E-state index in [-0.39, 0.29) is 17.4 Å². The summed E-state index contributed by atoms with van der Waals surface area (Å²) >= 11 is 0. The van der Waals surface area contributed by atoms with Crippen molar-refractivity contribution >= 4 is 17.4 Å². The summed E-state index contributed by atoms with van der Waals surface area (Å²) in [4.78, 5) is 44.8. The maximum absolute atomic E-state index is 13.5. The lowest BCUT2D eigenvalue weighted by Gasteiger charge is -2.47. The molecule has 2 heterocycles. The summed E-state index contributed by atoms with van der Waals surface area (Å²) in [7, 11) is 0. The van der Waals surface area contributed by atoms with E-state index in [1.54, 1.807) is 0 Å². The van der Waals surface area contributed by atoms with Crippen molar-refractivity contribution in [1.29, 1.82) is 0 Å². The lowest BCUT2D eigenvalue weighted by Crippen LogP contribution is -2.54. The zero-order chi connectivity index (χ0) is 22.5. The second-order valence-corrected chi connectivity index (χ2v) is 9.32. The first-order valence-corrected chi connectivity index (χ1v) is 12.1. The minimum Gasteiger partial charge on any atom is -0.383 e. The number of hydrogen-bond acceptors (Lipinski definition) is 5. The van der Waals surface area contributed by atoms with Gasteiger partial charge in [-0.1, -0.05) is 33.6 Å². The van der Waals surface area contributed by atoms with Crippen LogP contribution in [-0.4, -0.2) is 46.0 Å². The monoisotopic (exact) mass is 433 g/mol. The third-order valence-corrected chi connectivity index (χ3v) is 7.05. The van der Waals surface area contributed by atoms with Crippen LogP contribution in [0, 0.1) is 11.8 Å². The molecule has 3 rings (SSSR count). The van der Waals surface area contributed by atoms with Gasteiger partial charge in [0, 0.05) is 19.1 Å². The van der Waals surface area contributed by atoms with Crippen LogP contribution < -0.4 is 21.9 Å². The van der Waals surface area contributed by atoms with E-state index in [9.17, 15) is 14.4 Å². The molecule has 0 radical (unpaired) electrons. The first-order chi connectivity index (χ1) is 14.9. The number of nitrogens with two attached hydrogens (primary N) is 1. The van der Waals surface area contributed by atoms with Crippen molar-refractivity contribution in [2.24, 2.45) is 11.8 Å². The second-order valence-electron chi connectivity index (χ2n) is 9.32. The molecule has 1 amide bonds. The number of likely N-dealkylation sites (tertiary alicyclic amines) is 1. The van der Waals surface area contributed by atoms with E-state index in [1.807, 2.05) is 13.8 Å². The normalized spacial score (nSPS) is 24.0. The van der Waals surface area contributed by atoms with Crippen LogP contribution in [0.1, 0.15) is 72.1 Å². The van der Waals surface area contributed by atoms with Crippen LogP contribution in [0.15, 0.2) is 9.59 Å². The molecule has 31 heavy (non-hydrogen) atoms. The molecule has 0 aromatic carbocycles. The highest BCUT2D eigenvalue weighted by Gasteiger charge is 2.39. The molecule has 1 aliphatic carbocycles. The molecule has 3 N–H and O–H groups in total. The highest BCUT2D eigenvalue weighted by molar-refractivity contribution is 5.96. The molecule has 8 heteroatoms. The first-order valence-electron chi connectivity index (χ1n) is 12.1. The fourth-order valence-electron chi connectivity index (χ4n) is 5.59. The SMILES string of the molecule is CCCCN(C(=O)CN1CCCC2CCCC(C)C21)c1c(N)n(CCC)c(=O)[nH]c1=O. The highest BCUT2D eigenvalue weighted by atomic mass is 16.2. The molecule has 1 saturated carbocycles. The predicted molar refractivity (Wildman–Crippen MR) is 124 cm³/mol. The Labute approximate surface area is 184 Å². The lowest BCUT2D eigenvalue weighted by atomic mass is 9.73. The van der Waals surface area contributed by atoms with E-state index >= 15 is 0 Å². The van der Waals surface area contributed by atoms with Crippen molar-refractivity contribution in [1.82, 2.24) is 14.5 Å². The van der Waals surface area contributed by atoms with Gasteiger partial charge < -0.3 is 10.6 Å². The molecule has 1 saturated heterocycles. The van der Waals surface area contributed by atoms with Gasteiger partial charge in [-0.2, -0.15) is 0 Å². The second kappa shape index (κ2) is 10.5. The molecule has 8 nitrogen and oxygen atoms in total. The number of unbranched alkanes of at least 4 members (excludes halogenated alkanes) is 1. The third-order valence-electron chi connectivity index (χ3n) is 7.05. The molecule has 3 unspecified atom stereocenters. The number of carbonyl (C=O) groups excluding carboxylic acids is 1. The Hall–Kier alpha value is -2.09. The summed E-state index contributed by atoms with van der Waals surface area (Å²) in [6.45, 7) is 8.32. The number of H-pyrrole nitrogens is 1. The summed E-state index contributed by atoms with van der Waals surface area (Å²) in [6.07, 6.45) is 8.44. The van der Waals surface area contributed by atoms with Crippen molar-refractivity contribution in [2.75, 3.05) is 30.3 Å². The molecule has 0 bridgehead atoms. The molecule has 2 fully saturated rings. The Balaban J connectivity index is 1.91. The number of hydrogen-bond donors (Lipinski definition) is 2. The van der Waals surface area contributed by atoms with Crippen LogP contribution in [0.2, 0.25) is 0 Å². The molecule has 174 valence electrons. The fourth-order valence-corrected chi connectivity index (χ4v) is 5.59. The van der Waals surface area contributed by atoms with Gasteiger partial charge in [-0.25, -0.2) is 4.79 Å². The van der Waals surface area contributed by atoms with Gasteiger partial charge in [0.2, 0.25) is 5.91 Å². The van der Waals surface area contributed by atoms with Gasteiger partial charge in [0.25, 0.3) is 5.56 Å². The Kier molecular flexibility index (Phi) is 7.97. The Bertz CT molecular complexity index is 875. The maximum Gasteiger partial charge on any atom is 0.330 e. The molecule has 1 aromatic rings. The topological polar surface area (TPSA) is 104 Å². The van der Waals surface area contributed by atoms with Crippen molar-refractivity contribution in [2.45, 2.75) is 84.7 Å². The number of aromatic nitrogens is 2. The van der Waals surface area contributed by atoms with Gasteiger partial charge in [0.15, 0.2) is 5.69 Å². The summed E-state index contributed by atoms with van der Waals surface area (Å²) < 4.78 is 1.36. The van der Waals surface area contributed by atoms with Gasteiger partial charge >= 0.3 is 5.69 Å². The number of fused-ring (bicyclic) bond motifs is 1. The minimum atomic E-state index is -0.582. The van der Waals surface area contributed by atoms with E-state index in [1.165, 1.54) is 35.2 Å². The lowest BCUT2D eigenvalue weighted by molar-refractivity contribution is -0.122. The summed E-state index contributed by atoms with van der Waals surface area (Å²) in [6, 6.07) is 0.434. The summed E-state index contributed by atoms with van der Waals surface area (Å²) in [5.74, 6) is 1.22. The van der Waals surface area contributed by atoms with Crippen LogP contribution >= 0.6 is 0 Å². The van der Waals surface area contributed by atoms with Crippen LogP contribution in [0.5, 0.6) is 0 Å². The number of piperidine rings is 1. The van der Waals surface area contributed by atoms with E-state index in [0.717, 1.165) is 25.8 Å². The molecule has 3 atom stereocenters. The van der Waals surface area contributed by atoms with Crippen molar-refractivity contribution < 1.29 is 4.79 Å². The van der Waals surface area contributed by atoms with E-state index in [4.69, 9.17) is 5.73 Å². The Morgan fingerprint density at radius 1 is 1.16 bits per heavy atom. The number of anilines is 2. The number of rotatable bonds is 8. The largest absolute Gasteiger partial charge is 0.383 e. The zero-order valence-electron chi connectivity index (χ0n) is 19.4. The third kappa shape index (κ3) is 5.05. The quantitative estimate of drug-likeness (QED) is 0.656. The number of nitrogens with zero attached hydrogens (tertiary/aromatic N) is 3. The van der Waals surface area contributed by atoms with Gasteiger partial charge in [-0.05, 0) is 56.9 Å². The minimum absolute atomic E-state index is 0.0857. The van der Waals surface area contributed by atoms with Gasteiger partial charge in [0.05, 0.1) is 6.54 Å². The van der Waals surface area contributed by atoms with Gasteiger partial charge in [-0.15, -0.1) is 0 Å². The van der Waals surface area contributed by atoms with Gasteiger partial charge in [0.1, 0.15) is 5.82 Å². The molecular formula is C23H39N5O3. The zero-order valence-corrected chi connectivity index (χ0v) is 19.4. The summed E-state index contributed by atoms with van der Waals surface area (Å²) in [5.41, 5.74) is 5.30. The van der Waals surface area contributed by atoms with Crippen LogP contribution in [-0.2, 0) is 11.3 Å². The number of aromatic amines is 1. The highest BCUT2D eigenvalue weighted by Crippen LogP contribution is 2.38. The van der Waals surface area contributed by atoms with E-state index in [0.29, 0.717) is 43.9 Å². The smallest absolute Gasteiger partial charge is 0.330 e. The first kappa shape index (κ1) is 23.6.